The Morgan fingerprint density at radius 3 is 3.11 bits per heavy atom. The van der Waals surface area contributed by atoms with Crippen LogP contribution in [-0.2, 0) is 4.79 Å². The largest absolute Gasteiger partial charge is 0.481 e. The minimum atomic E-state index is -0.726. The first-order chi connectivity index (χ1) is 9.16. The normalized spacial score (nSPS) is 19.8. The van der Waals surface area contributed by atoms with Gasteiger partial charge in [0.2, 0.25) is 0 Å². The molecule has 6 nitrogen and oxygen atoms in total. The lowest BCUT2D eigenvalue weighted by atomic mass is 9.98. The van der Waals surface area contributed by atoms with Gasteiger partial charge in [-0.05, 0) is 31.9 Å². The molecule has 2 aromatic rings. The van der Waals surface area contributed by atoms with Gasteiger partial charge >= 0.3 is 5.97 Å². The first-order valence-corrected chi connectivity index (χ1v) is 6.45. The number of aliphatic carboxylic acids is 1. The highest BCUT2D eigenvalue weighted by Crippen LogP contribution is 2.25. The van der Waals surface area contributed by atoms with E-state index in [-0.39, 0.29) is 5.92 Å². The summed E-state index contributed by atoms with van der Waals surface area (Å²) in [6, 6.07) is 3.94. The van der Waals surface area contributed by atoms with E-state index in [9.17, 15) is 4.79 Å². The molecule has 3 rings (SSSR count). The smallest absolute Gasteiger partial charge is 0.308 e. The molecular formula is C13H16N4O2. The maximum Gasteiger partial charge on any atom is 0.308 e. The number of piperidine rings is 1. The molecule has 1 N–H and O–H groups in total. The second-order valence-corrected chi connectivity index (χ2v) is 4.96. The van der Waals surface area contributed by atoms with Crippen molar-refractivity contribution in [3.8, 4) is 0 Å². The van der Waals surface area contributed by atoms with E-state index in [0.29, 0.717) is 6.54 Å². The van der Waals surface area contributed by atoms with E-state index >= 15 is 0 Å². The zero-order valence-electron chi connectivity index (χ0n) is 10.8. The number of nitrogens with zero attached hydrogens (tertiary/aromatic N) is 4. The second-order valence-electron chi connectivity index (χ2n) is 4.96. The molecule has 0 bridgehead atoms. The van der Waals surface area contributed by atoms with Crippen molar-refractivity contribution in [1.29, 1.82) is 0 Å². The number of hydrogen-bond acceptors (Lipinski definition) is 4. The molecule has 0 aromatic carbocycles. The third-order valence-electron chi connectivity index (χ3n) is 3.69. The van der Waals surface area contributed by atoms with Crippen LogP contribution in [0.2, 0.25) is 0 Å². The van der Waals surface area contributed by atoms with Crippen molar-refractivity contribution in [3.05, 3.63) is 24.2 Å². The Labute approximate surface area is 110 Å². The fourth-order valence-electron chi connectivity index (χ4n) is 2.66. The summed E-state index contributed by atoms with van der Waals surface area (Å²) < 4.78 is 1.98. The van der Waals surface area contributed by atoms with Gasteiger partial charge in [-0.1, -0.05) is 0 Å². The molecule has 3 heterocycles. The Hall–Kier alpha value is -2.11. The number of carboxylic acids is 1. The topological polar surface area (TPSA) is 70.7 Å². The molecule has 0 amide bonds. The van der Waals surface area contributed by atoms with E-state index in [1.165, 1.54) is 0 Å². The predicted octanol–water partition coefficient (Wildman–Crippen LogP) is 1.34. The van der Waals surface area contributed by atoms with Crippen LogP contribution in [0.4, 0.5) is 5.82 Å². The highest BCUT2D eigenvalue weighted by atomic mass is 16.4. The van der Waals surface area contributed by atoms with Crippen LogP contribution in [0, 0.1) is 12.8 Å². The summed E-state index contributed by atoms with van der Waals surface area (Å²) in [7, 11) is 0. The summed E-state index contributed by atoms with van der Waals surface area (Å²) >= 11 is 0. The molecule has 1 atom stereocenters. The Morgan fingerprint density at radius 2 is 2.32 bits per heavy atom. The predicted molar refractivity (Wildman–Crippen MR) is 70.3 cm³/mol. The summed E-state index contributed by atoms with van der Waals surface area (Å²) in [5.74, 6) is 0.570. The first-order valence-electron chi connectivity index (χ1n) is 6.45. The maximum atomic E-state index is 11.1. The van der Waals surface area contributed by atoms with Crippen molar-refractivity contribution in [2.45, 2.75) is 19.8 Å². The fourth-order valence-corrected chi connectivity index (χ4v) is 2.66. The highest BCUT2D eigenvalue weighted by molar-refractivity contribution is 5.73. The van der Waals surface area contributed by atoms with Gasteiger partial charge in [-0.3, -0.25) is 4.79 Å². The van der Waals surface area contributed by atoms with Gasteiger partial charge in [0.15, 0.2) is 5.82 Å². The van der Waals surface area contributed by atoms with Crippen LogP contribution in [0.25, 0.3) is 5.52 Å². The molecule has 2 aromatic heterocycles. The number of rotatable bonds is 2. The molecule has 6 heteroatoms. The summed E-state index contributed by atoms with van der Waals surface area (Å²) in [6.45, 7) is 3.25. The summed E-state index contributed by atoms with van der Waals surface area (Å²) in [4.78, 5) is 13.2. The zero-order valence-corrected chi connectivity index (χ0v) is 10.8. The summed E-state index contributed by atoms with van der Waals surface area (Å²) in [5.41, 5.74) is 0.985. The van der Waals surface area contributed by atoms with Crippen LogP contribution in [0.5, 0.6) is 0 Å². The fraction of sp³-hybridized carbons (Fsp3) is 0.462. The number of aryl methyl sites for hydroxylation is 1. The molecule has 1 aliphatic heterocycles. The van der Waals surface area contributed by atoms with E-state index in [1.807, 2.05) is 34.6 Å². The first kappa shape index (κ1) is 12.0. The van der Waals surface area contributed by atoms with E-state index in [2.05, 4.69) is 10.2 Å². The third kappa shape index (κ3) is 2.03. The Balaban J connectivity index is 1.98. The SMILES string of the molecule is Cc1nnc(N2CCC[C@H](C(=O)O)C2)c2cccn12. The molecule has 100 valence electrons. The molecule has 0 spiro atoms. The van der Waals surface area contributed by atoms with E-state index in [4.69, 9.17) is 5.11 Å². The third-order valence-corrected chi connectivity index (χ3v) is 3.69. The van der Waals surface area contributed by atoms with E-state index in [0.717, 1.165) is 36.5 Å². The Kier molecular flexibility index (Phi) is 2.85. The number of hydrogen-bond donors (Lipinski definition) is 1. The quantitative estimate of drug-likeness (QED) is 0.882. The van der Waals surface area contributed by atoms with Crippen molar-refractivity contribution in [3.63, 3.8) is 0 Å². The molecule has 1 aliphatic rings. The number of fused-ring (bicyclic) bond motifs is 1. The van der Waals surface area contributed by atoms with Gasteiger partial charge in [-0.2, -0.15) is 0 Å². The number of carbonyl (C=O) groups is 1. The monoisotopic (exact) mass is 260 g/mol. The van der Waals surface area contributed by atoms with Crippen LogP contribution < -0.4 is 4.90 Å². The molecule has 0 unspecified atom stereocenters. The van der Waals surface area contributed by atoms with Gasteiger partial charge in [0.05, 0.1) is 11.4 Å². The number of carboxylic acid groups (broad SMARTS) is 1. The molecule has 1 fully saturated rings. The van der Waals surface area contributed by atoms with Crippen LogP contribution >= 0.6 is 0 Å². The van der Waals surface area contributed by atoms with Gasteiger partial charge in [0.1, 0.15) is 5.82 Å². The minimum Gasteiger partial charge on any atom is -0.481 e. The average molecular weight is 260 g/mol. The molecular weight excluding hydrogens is 244 g/mol. The lowest BCUT2D eigenvalue weighted by Gasteiger charge is -2.31. The molecule has 0 saturated carbocycles. The van der Waals surface area contributed by atoms with Crippen molar-refractivity contribution in [1.82, 2.24) is 14.6 Å². The highest BCUT2D eigenvalue weighted by Gasteiger charge is 2.27. The summed E-state index contributed by atoms with van der Waals surface area (Å²) in [6.07, 6.45) is 3.56. The second kappa shape index (κ2) is 4.53. The van der Waals surface area contributed by atoms with Gasteiger partial charge < -0.3 is 14.4 Å². The molecule has 19 heavy (non-hydrogen) atoms. The molecule has 0 radical (unpaired) electrons. The van der Waals surface area contributed by atoms with Crippen LogP contribution in [0.15, 0.2) is 18.3 Å². The van der Waals surface area contributed by atoms with Crippen LogP contribution in [0.3, 0.4) is 0 Å². The van der Waals surface area contributed by atoms with Crippen LogP contribution in [-0.4, -0.2) is 38.8 Å². The number of aromatic nitrogens is 3. The minimum absolute atomic E-state index is 0.313. The standard InChI is InChI=1S/C13H16N4O2/c1-9-14-15-12(11-5-3-7-17(9)11)16-6-2-4-10(8-16)13(18)19/h3,5,7,10H,2,4,6,8H2,1H3,(H,18,19)/t10-/m0/s1. The van der Waals surface area contributed by atoms with Crippen molar-refractivity contribution in [2.24, 2.45) is 5.92 Å². The zero-order chi connectivity index (χ0) is 13.4. The van der Waals surface area contributed by atoms with E-state index < -0.39 is 5.97 Å². The van der Waals surface area contributed by atoms with Gasteiger partial charge in [0.25, 0.3) is 0 Å². The molecule has 1 saturated heterocycles. The van der Waals surface area contributed by atoms with Crippen molar-refractivity contribution >= 4 is 17.3 Å². The van der Waals surface area contributed by atoms with Gasteiger partial charge in [-0.15, -0.1) is 10.2 Å². The van der Waals surface area contributed by atoms with Gasteiger partial charge in [-0.25, -0.2) is 0 Å². The summed E-state index contributed by atoms with van der Waals surface area (Å²) in [5, 5.41) is 17.6. The van der Waals surface area contributed by atoms with Gasteiger partial charge in [0, 0.05) is 19.3 Å². The van der Waals surface area contributed by atoms with Crippen molar-refractivity contribution < 1.29 is 9.90 Å². The molecule has 0 aliphatic carbocycles. The number of anilines is 1. The lowest BCUT2D eigenvalue weighted by Crippen LogP contribution is -2.39. The van der Waals surface area contributed by atoms with Crippen molar-refractivity contribution in [2.75, 3.05) is 18.0 Å². The Bertz CT molecular complexity index is 622. The van der Waals surface area contributed by atoms with E-state index in [1.54, 1.807) is 0 Å². The average Bonchev–Trinajstić information content (AvgIpc) is 2.89. The maximum absolute atomic E-state index is 11.1. The lowest BCUT2D eigenvalue weighted by molar-refractivity contribution is -0.141. The van der Waals surface area contributed by atoms with Crippen LogP contribution in [0.1, 0.15) is 18.7 Å². The Morgan fingerprint density at radius 1 is 1.47 bits per heavy atom.